The Morgan fingerprint density at radius 3 is 0.634 bits per heavy atom. The monoisotopic (exact) mass is 1940 g/mol. The molecule has 0 amide bonds. The fourth-order valence-corrected chi connectivity index (χ4v) is 17.4. The van der Waals surface area contributed by atoms with Gasteiger partial charge in [0.25, 0.3) is 0 Å². The van der Waals surface area contributed by atoms with Crippen molar-refractivity contribution in [2.45, 2.75) is 77.8 Å². The highest BCUT2D eigenvalue weighted by Crippen LogP contribution is 2.41. The lowest BCUT2D eigenvalue weighted by Gasteiger charge is -2.32. The molecule has 7 aromatic heterocycles. The Balaban J connectivity index is 0.000000111. The van der Waals surface area contributed by atoms with Crippen LogP contribution < -0.4 is 10.9 Å². The van der Waals surface area contributed by atoms with Gasteiger partial charge in [0.1, 0.15) is 23.3 Å². The van der Waals surface area contributed by atoms with Crippen LogP contribution in [0.4, 0.5) is 0 Å². The quantitative estimate of drug-likeness (QED) is 0.0870. The fraction of sp³-hybridized carbons (Fsp3) is 0.104. The molecule has 21 nitrogen and oxygen atoms in total. The first-order valence-electron chi connectivity index (χ1n) is 46.3. The largest absolute Gasteiger partial charge is 0.494 e. The summed E-state index contributed by atoms with van der Waals surface area (Å²) < 4.78 is 33.6. The average Bonchev–Trinajstić information content (AvgIpc) is 1.63. The van der Waals surface area contributed by atoms with Gasteiger partial charge >= 0.3 is 14.2 Å². The van der Waals surface area contributed by atoms with E-state index in [1.807, 2.05) is 255 Å². The molecule has 2 fully saturated rings. The third kappa shape index (κ3) is 20.2. The smallest absolute Gasteiger partial charge is 0.399 e. The van der Waals surface area contributed by atoms with Crippen molar-refractivity contribution in [2.75, 3.05) is 0 Å². The van der Waals surface area contributed by atoms with Gasteiger partial charge in [-0.15, -0.1) is 0 Å². The molecule has 15 aromatic carbocycles. The van der Waals surface area contributed by atoms with Gasteiger partial charge < -0.3 is 18.6 Å². The minimum Gasteiger partial charge on any atom is -0.399 e. The van der Waals surface area contributed by atoms with Gasteiger partial charge in [-0.3, -0.25) is 18.3 Å². The van der Waals surface area contributed by atoms with Crippen molar-refractivity contribution in [1.29, 1.82) is 0 Å². The summed E-state index contributed by atoms with van der Waals surface area (Å²) in [6.07, 6.45) is 0. The molecular formula is C115H91B2Cl4N17O4. The van der Waals surface area contributed by atoms with Crippen LogP contribution in [0.25, 0.3) is 169 Å². The van der Waals surface area contributed by atoms with Crippen molar-refractivity contribution in [1.82, 2.24) is 83.1 Å². The first-order chi connectivity index (χ1) is 69.0. The number of nitrogens with zero attached hydrogens (tertiary/aromatic N) is 17. The zero-order valence-electron chi connectivity index (χ0n) is 78.6. The van der Waals surface area contributed by atoms with Gasteiger partial charge in [-0.1, -0.05) is 309 Å². The number of benzene rings is 15. The Bertz CT molecular complexity index is 7910. The molecule has 142 heavy (non-hydrogen) atoms. The van der Waals surface area contributed by atoms with E-state index in [0.717, 1.165) is 151 Å². The maximum atomic E-state index is 6.24. The van der Waals surface area contributed by atoms with Crippen molar-refractivity contribution in [3.63, 3.8) is 0 Å². The first-order valence-corrected chi connectivity index (χ1v) is 47.8. The van der Waals surface area contributed by atoms with Crippen LogP contribution >= 0.6 is 46.4 Å². The van der Waals surface area contributed by atoms with Gasteiger partial charge in [0.05, 0.1) is 66.5 Å². The van der Waals surface area contributed by atoms with E-state index in [2.05, 4.69) is 270 Å². The minimum atomic E-state index is -0.364. The summed E-state index contributed by atoms with van der Waals surface area (Å²) in [5.41, 5.74) is 21.5. The van der Waals surface area contributed by atoms with E-state index in [1.165, 1.54) is 0 Å². The van der Waals surface area contributed by atoms with Crippen molar-refractivity contribution >= 4 is 116 Å². The molecule has 694 valence electrons. The van der Waals surface area contributed by atoms with E-state index in [-0.39, 0.29) is 57.8 Å². The summed E-state index contributed by atoms with van der Waals surface area (Å²) in [6, 6.07) is 136. The second kappa shape index (κ2) is 40.6. The molecule has 2 aliphatic rings. The molecule has 0 spiro atoms. The molecule has 2 aliphatic heterocycles. The summed E-state index contributed by atoms with van der Waals surface area (Å²) in [6.45, 7) is 16.6. The number of hydrogen-bond acceptors (Lipinski definition) is 17. The van der Waals surface area contributed by atoms with Crippen molar-refractivity contribution in [2.24, 2.45) is 0 Å². The number of hydrogen-bond donors (Lipinski definition) is 0. The molecular weight excluding hydrogens is 1850 g/mol. The molecule has 0 unspecified atom stereocenters. The number of rotatable bonds is 15. The maximum absolute atomic E-state index is 6.24. The number of halogens is 4. The number of aromatic nitrogens is 17. The standard InChI is InChI=1S/2C28H18ClN5.2C25H25BN2O2.C9H5Cl2N3/c2*29-28-32-25(19-9-3-1-4-10-19)31-26(33-28)20-15-17-21(18-16-20)27-30-23-13-7-8-14-24(23)34(27)22-11-5-2-6-12-22;1-24(2)25(3,4)30-26(29-24)19-16-14-18(15-17-19)23-27-21-12-8-9-13-22(21)28(23)20-10-6-5-7-11-20;1-24(2)25(3,4)30-26(29-24)19-14-16-20(17-15-19)28-22-13-9-8-12-21(22)27-23(28)18-10-6-5-7-11-18;10-8-12-7(13-9(11)14-8)6-4-2-1-3-5-6/h2*1-18H;2*5-17H,1-4H3;1-5H. The predicted octanol–water partition coefficient (Wildman–Crippen LogP) is 26.6. The summed E-state index contributed by atoms with van der Waals surface area (Å²) in [5.74, 6) is 6.23. The van der Waals surface area contributed by atoms with E-state index < -0.39 is 0 Å². The number of para-hydroxylation sites is 11. The van der Waals surface area contributed by atoms with Gasteiger partial charge in [0.2, 0.25) is 21.1 Å². The molecule has 0 N–H and O–H groups in total. The van der Waals surface area contributed by atoms with E-state index in [1.54, 1.807) is 0 Å². The van der Waals surface area contributed by atoms with Crippen LogP contribution in [0.5, 0.6) is 0 Å². The van der Waals surface area contributed by atoms with Gasteiger partial charge in [-0.05, 0) is 210 Å². The Morgan fingerprint density at radius 2 is 0.366 bits per heavy atom. The maximum Gasteiger partial charge on any atom is 0.494 e. The van der Waals surface area contributed by atoms with Gasteiger partial charge in [0, 0.05) is 72.8 Å². The zero-order valence-corrected chi connectivity index (χ0v) is 81.6. The molecule has 0 atom stereocenters. The molecule has 24 rings (SSSR count). The Morgan fingerprint density at radius 1 is 0.183 bits per heavy atom. The predicted molar refractivity (Wildman–Crippen MR) is 571 cm³/mol. The van der Waals surface area contributed by atoms with E-state index in [0.29, 0.717) is 29.1 Å². The van der Waals surface area contributed by atoms with Crippen LogP contribution in [0.3, 0.4) is 0 Å². The summed E-state index contributed by atoms with van der Waals surface area (Å²) in [5, 5.41) is 0.533. The highest BCUT2D eigenvalue weighted by Gasteiger charge is 2.53. The van der Waals surface area contributed by atoms with E-state index >= 15 is 0 Å². The van der Waals surface area contributed by atoms with E-state index in [4.69, 9.17) is 85.0 Å². The molecule has 0 radical (unpaired) electrons. The summed E-state index contributed by atoms with van der Waals surface area (Å²) in [4.78, 5) is 57.9. The normalized spacial score (nSPS) is 13.7. The van der Waals surface area contributed by atoms with Crippen LogP contribution in [0.1, 0.15) is 55.4 Å². The lowest BCUT2D eigenvalue weighted by atomic mass is 9.79. The molecule has 0 bridgehead atoms. The van der Waals surface area contributed by atoms with Gasteiger partial charge in [0.15, 0.2) is 29.1 Å². The Kier molecular flexibility index (Phi) is 26.9. The first kappa shape index (κ1) is 94.0. The molecule has 22 aromatic rings. The van der Waals surface area contributed by atoms with Crippen LogP contribution in [0.15, 0.2) is 406 Å². The second-order valence-corrected chi connectivity index (χ2v) is 37.1. The molecule has 2 saturated heterocycles. The Labute approximate surface area is 842 Å². The molecule has 0 saturated carbocycles. The third-order valence-electron chi connectivity index (χ3n) is 25.4. The van der Waals surface area contributed by atoms with Crippen LogP contribution in [-0.4, -0.2) is 120 Å². The summed E-state index contributed by atoms with van der Waals surface area (Å²) in [7, 11) is -0.728. The number of imidazole rings is 4. The van der Waals surface area contributed by atoms with Gasteiger partial charge in [-0.25, -0.2) is 29.9 Å². The zero-order chi connectivity index (χ0) is 97.6. The third-order valence-corrected chi connectivity index (χ3v) is 26.1. The van der Waals surface area contributed by atoms with Gasteiger partial charge in [-0.2, -0.15) is 34.9 Å². The average molecular weight is 1940 g/mol. The minimum absolute atomic E-state index is 0.101. The topological polar surface area (TPSA) is 224 Å². The molecule has 9 heterocycles. The fourth-order valence-electron chi connectivity index (χ4n) is 16.7. The lowest BCUT2D eigenvalue weighted by molar-refractivity contribution is 0.00578. The summed E-state index contributed by atoms with van der Waals surface area (Å²) >= 11 is 23.8. The van der Waals surface area contributed by atoms with Crippen molar-refractivity contribution in [3.05, 3.63) is 428 Å². The Hall–Kier alpha value is -15.7. The van der Waals surface area contributed by atoms with Crippen LogP contribution in [-0.2, 0) is 18.6 Å². The molecule has 0 aliphatic carbocycles. The lowest BCUT2D eigenvalue weighted by Crippen LogP contribution is -2.41. The van der Waals surface area contributed by atoms with E-state index in [9.17, 15) is 0 Å². The number of fused-ring (bicyclic) bond motifs is 4. The molecule has 27 heteroatoms. The van der Waals surface area contributed by atoms with Crippen molar-refractivity contribution < 1.29 is 18.6 Å². The highest BCUT2D eigenvalue weighted by atomic mass is 35.5. The van der Waals surface area contributed by atoms with Crippen molar-refractivity contribution in [3.8, 4) is 125 Å². The highest BCUT2D eigenvalue weighted by molar-refractivity contribution is 6.62. The van der Waals surface area contributed by atoms with Crippen LogP contribution in [0.2, 0.25) is 21.1 Å². The SMILES string of the molecule is CC1(C)OB(c2ccc(-c3nc4ccccc4n3-c3ccccc3)cc2)OC1(C)C.CC1(C)OB(c2ccc(-n3c(-c4ccccc4)nc4ccccc43)cc2)OC1(C)C.Clc1nc(-c2ccccc2)nc(-c2ccc(-c3nc4ccccc4n3-c3ccccc3)cc2)n1.Clc1nc(-c2ccccc2)nc(-c2ccc(-c3nc4ccccc4n3-c3ccccc3)cc2)n1.Clc1nc(Cl)nc(-c2ccccc2)n1. The second-order valence-electron chi connectivity index (χ2n) is 35.8. The van der Waals surface area contributed by atoms with Crippen LogP contribution in [0, 0.1) is 0 Å².